The van der Waals surface area contributed by atoms with Gasteiger partial charge in [-0.25, -0.2) is 9.97 Å². The van der Waals surface area contributed by atoms with Crippen LogP contribution in [0.1, 0.15) is 25.1 Å². The molecule has 0 radical (unpaired) electrons. The van der Waals surface area contributed by atoms with E-state index in [9.17, 15) is 4.79 Å². The number of nitrogens with zero attached hydrogens (tertiary/aromatic N) is 2. The first-order valence-corrected chi connectivity index (χ1v) is 5.80. The summed E-state index contributed by atoms with van der Waals surface area (Å²) in [5, 5.41) is 0. The van der Waals surface area contributed by atoms with Crippen LogP contribution >= 0.6 is 0 Å². The van der Waals surface area contributed by atoms with Crippen molar-refractivity contribution in [2.75, 3.05) is 7.11 Å². The molecule has 2 rings (SSSR count). The van der Waals surface area contributed by atoms with Crippen molar-refractivity contribution >= 4 is 5.97 Å². The largest absolute Gasteiger partial charge is 0.468 e. The van der Waals surface area contributed by atoms with E-state index in [1.54, 1.807) is 12.3 Å². The number of carbonyl (C=O) groups excluding carboxylic acids is 1. The zero-order chi connectivity index (χ0) is 13.0. The Bertz CT molecular complexity index is 523. The molecule has 0 spiro atoms. The Morgan fingerprint density at radius 1 is 1.50 bits per heavy atom. The highest BCUT2D eigenvalue weighted by atomic mass is 16.5. The molecule has 0 bridgehead atoms. The van der Waals surface area contributed by atoms with E-state index in [1.165, 1.54) is 7.11 Å². The Labute approximate surface area is 105 Å². The number of hydrogen-bond acceptors (Lipinski definition) is 4. The molecule has 18 heavy (non-hydrogen) atoms. The standard InChI is InChI=1S/C13H15N3O2/c1-3-9(13(17)18-2)12-15-8-6-11(16-12)10-5-4-7-14-10/h4-9,14H,3H2,1-2H3. The summed E-state index contributed by atoms with van der Waals surface area (Å²) in [7, 11) is 1.37. The fourth-order valence-corrected chi connectivity index (χ4v) is 1.78. The molecule has 1 atom stereocenters. The van der Waals surface area contributed by atoms with E-state index in [2.05, 4.69) is 15.0 Å². The van der Waals surface area contributed by atoms with Crippen LogP contribution in [-0.4, -0.2) is 28.0 Å². The molecule has 2 aromatic rings. The minimum absolute atomic E-state index is 0.305. The van der Waals surface area contributed by atoms with Crippen molar-refractivity contribution in [3.05, 3.63) is 36.4 Å². The third-order valence-electron chi connectivity index (χ3n) is 2.75. The maximum absolute atomic E-state index is 11.6. The van der Waals surface area contributed by atoms with E-state index in [-0.39, 0.29) is 5.97 Å². The van der Waals surface area contributed by atoms with Crippen LogP contribution in [0.5, 0.6) is 0 Å². The molecule has 1 N–H and O–H groups in total. The van der Waals surface area contributed by atoms with Gasteiger partial charge in [0.25, 0.3) is 0 Å². The number of hydrogen-bond donors (Lipinski definition) is 1. The number of methoxy groups -OCH3 is 1. The van der Waals surface area contributed by atoms with Gasteiger partial charge < -0.3 is 9.72 Å². The lowest BCUT2D eigenvalue weighted by atomic mass is 10.1. The van der Waals surface area contributed by atoms with Crippen molar-refractivity contribution in [3.8, 4) is 11.4 Å². The van der Waals surface area contributed by atoms with Gasteiger partial charge in [-0.1, -0.05) is 6.92 Å². The molecule has 0 fully saturated rings. The van der Waals surface area contributed by atoms with E-state index in [0.29, 0.717) is 12.2 Å². The van der Waals surface area contributed by atoms with Gasteiger partial charge in [-0.2, -0.15) is 0 Å². The maximum Gasteiger partial charge on any atom is 0.316 e. The van der Waals surface area contributed by atoms with Gasteiger partial charge in [0.1, 0.15) is 11.7 Å². The SMILES string of the molecule is CCC(C(=O)OC)c1nccc(-c2ccc[nH]2)n1. The quantitative estimate of drug-likeness (QED) is 0.838. The highest BCUT2D eigenvalue weighted by molar-refractivity contribution is 5.77. The summed E-state index contributed by atoms with van der Waals surface area (Å²) < 4.78 is 4.76. The van der Waals surface area contributed by atoms with Crippen LogP contribution in [0, 0.1) is 0 Å². The van der Waals surface area contributed by atoms with Crippen molar-refractivity contribution in [2.45, 2.75) is 19.3 Å². The average molecular weight is 245 g/mol. The Hall–Kier alpha value is -2.17. The molecule has 2 heterocycles. The lowest BCUT2D eigenvalue weighted by molar-refractivity contribution is -0.142. The van der Waals surface area contributed by atoms with E-state index in [4.69, 9.17) is 4.74 Å². The number of H-pyrrole nitrogens is 1. The van der Waals surface area contributed by atoms with Gasteiger partial charge in [-0.05, 0) is 24.6 Å². The van der Waals surface area contributed by atoms with Crippen LogP contribution < -0.4 is 0 Å². The second-order valence-corrected chi connectivity index (χ2v) is 3.87. The monoisotopic (exact) mass is 245 g/mol. The first-order chi connectivity index (χ1) is 8.76. The minimum atomic E-state index is -0.412. The van der Waals surface area contributed by atoms with Crippen LogP contribution in [-0.2, 0) is 9.53 Å². The zero-order valence-electron chi connectivity index (χ0n) is 10.4. The van der Waals surface area contributed by atoms with Crippen LogP contribution in [0.25, 0.3) is 11.4 Å². The molecule has 94 valence electrons. The number of rotatable bonds is 4. The number of ether oxygens (including phenoxy) is 1. The smallest absolute Gasteiger partial charge is 0.316 e. The zero-order valence-corrected chi connectivity index (χ0v) is 10.4. The van der Waals surface area contributed by atoms with Gasteiger partial charge >= 0.3 is 5.97 Å². The molecule has 1 unspecified atom stereocenters. The average Bonchev–Trinajstić information content (AvgIpc) is 2.93. The Kier molecular flexibility index (Phi) is 3.72. The van der Waals surface area contributed by atoms with Gasteiger partial charge in [-0.3, -0.25) is 4.79 Å². The van der Waals surface area contributed by atoms with E-state index in [0.717, 1.165) is 11.4 Å². The molecule has 0 aliphatic rings. The molecule has 0 amide bonds. The predicted molar refractivity (Wildman–Crippen MR) is 66.9 cm³/mol. The summed E-state index contributed by atoms with van der Waals surface area (Å²) in [6.45, 7) is 1.91. The first kappa shape index (κ1) is 12.3. The van der Waals surface area contributed by atoms with Crippen molar-refractivity contribution in [1.82, 2.24) is 15.0 Å². The molecule has 0 aromatic carbocycles. The minimum Gasteiger partial charge on any atom is -0.468 e. The first-order valence-electron chi connectivity index (χ1n) is 5.80. The van der Waals surface area contributed by atoms with E-state index in [1.807, 2.05) is 25.3 Å². The Morgan fingerprint density at radius 2 is 2.33 bits per heavy atom. The molecule has 5 nitrogen and oxygen atoms in total. The molecule has 0 aliphatic carbocycles. The van der Waals surface area contributed by atoms with Gasteiger partial charge in [0, 0.05) is 12.4 Å². The molecule has 5 heteroatoms. The molecule has 0 saturated heterocycles. The lowest BCUT2D eigenvalue weighted by Crippen LogP contribution is -2.16. The highest BCUT2D eigenvalue weighted by Gasteiger charge is 2.22. The summed E-state index contributed by atoms with van der Waals surface area (Å²) in [5.74, 6) is -0.220. The van der Waals surface area contributed by atoms with Crippen LogP contribution in [0.4, 0.5) is 0 Å². The number of aromatic amines is 1. The second-order valence-electron chi connectivity index (χ2n) is 3.87. The molecular formula is C13H15N3O2. The summed E-state index contributed by atoms with van der Waals surface area (Å²) in [5.41, 5.74) is 1.67. The fourth-order valence-electron chi connectivity index (χ4n) is 1.78. The van der Waals surface area contributed by atoms with Crippen LogP contribution in [0.15, 0.2) is 30.6 Å². The van der Waals surface area contributed by atoms with Crippen molar-refractivity contribution in [1.29, 1.82) is 0 Å². The Morgan fingerprint density at radius 3 is 2.94 bits per heavy atom. The van der Waals surface area contributed by atoms with Crippen LogP contribution in [0.3, 0.4) is 0 Å². The second kappa shape index (κ2) is 5.44. The third kappa shape index (κ3) is 2.40. The number of nitrogens with one attached hydrogen (secondary N) is 1. The number of esters is 1. The van der Waals surface area contributed by atoms with Gasteiger partial charge in [0.2, 0.25) is 0 Å². The van der Waals surface area contributed by atoms with E-state index < -0.39 is 5.92 Å². The summed E-state index contributed by atoms with van der Waals surface area (Å²) in [6, 6.07) is 5.62. The molecular weight excluding hydrogens is 230 g/mol. The van der Waals surface area contributed by atoms with Gasteiger partial charge in [-0.15, -0.1) is 0 Å². The number of carbonyl (C=O) groups is 1. The highest BCUT2D eigenvalue weighted by Crippen LogP contribution is 2.20. The Balaban J connectivity index is 2.34. The molecule has 0 aliphatic heterocycles. The fraction of sp³-hybridized carbons (Fsp3) is 0.308. The summed E-state index contributed by atoms with van der Waals surface area (Å²) in [4.78, 5) is 23.3. The van der Waals surface area contributed by atoms with Crippen molar-refractivity contribution in [2.24, 2.45) is 0 Å². The molecule has 0 saturated carbocycles. The maximum atomic E-state index is 11.6. The van der Waals surface area contributed by atoms with Gasteiger partial charge in [0.15, 0.2) is 0 Å². The summed E-state index contributed by atoms with van der Waals surface area (Å²) in [6.07, 6.45) is 4.10. The third-order valence-corrected chi connectivity index (χ3v) is 2.75. The summed E-state index contributed by atoms with van der Waals surface area (Å²) >= 11 is 0. The van der Waals surface area contributed by atoms with E-state index >= 15 is 0 Å². The van der Waals surface area contributed by atoms with Gasteiger partial charge in [0.05, 0.1) is 18.5 Å². The topological polar surface area (TPSA) is 67.9 Å². The van der Waals surface area contributed by atoms with Crippen molar-refractivity contribution < 1.29 is 9.53 Å². The lowest BCUT2D eigenvalue weighted by Gasteiger charge is -2.11. The normalized spacial score (nSPS) is 12.1. The number of aromatic nitrogens is 3. The molecule has 2 aromatic heterocycles. The van der Waals surface area contributed by atoms with Crippen LogP contribution in [0.2, 0.25) is 0 Å². The van der Waals surface area contributed by atoms with Crippen molar-refractivity contribution in [3.63, 3.8) is 0 Å². The predicted octanol–water partition coefficient (Wildman–Crippen LogP) is 2.14.